The number of methoxy groups -OCH3 is 1. The lowest BCUT2D eigenvalue weighted by atomic mass is 9.91. The lowest BCUT2D eigenvalue weighted by molar-refractivity contribution is 0.0686. The molecule has 6 heteroatoms. The lowest BCUT2D eigenvalue weighted by Gasteiger charge is -2.33. The van der Waals surface area contributed by atoms with Crippen molar-refractivity contribution in [1.29, 1.82) is 0 Å². The smallest absolute Gasteiger partial charge is 0.263 e. The van der Waals surface area contributed by atoms with Crippen LogP contribution in [-0.2, 0) is 0 Å². The number of thiophene rings is 1. The standard InChI is InChI=1S/C20H26N2O2S.ClH/c1-13(21)15-8-10-22(11-9-15)20(23)19-12-18(14(2)25-19)16-4-6-17(24-3)7-5-16;/h4-7,12-13,15H,8-11,21H2,1-3H3;1H. The predicted octanol–water partition coefficient (Wildman–Crippen LogP) is 4.35. The summed E-state index contributed by atoms with van der Waals surface area (Å²) in [6.07, 6.45) is 2.00. The summed E-state index contributed by atoms with van der Waals surface area (Å²) in [5.41, 5.74) is 8.24. The molecule has 1 saturated heterocycles. The van der Waals surface area contributed by atoms with Gasteiger partial charge in [-0.25, -0.2) is 0 Å². The third kappa shape index (κ3) is 4.40. The monoisotopic (exact) mass is 394 g/mol. The SMILES string of the molecule is COc1ccc(-c2cc(C(=O)N3CCC(C(C)N)CC3)sc2C)cc1.Cl. The van der Waals surface area contributed by atoms with Gasteiger partial charge in [-0.3, -0.25) is 4.79 Å². The highest BCUT2D eigenvalue weighted by molar-refractivity contribution is 7.14. The van der Waals surface area contributed by atoms with Crippen LogP contribution in [0.2, 0.25) is 0 Å². The summed E-state index contributed by atoms with van der Waals surface area (Å²) in [4.78, 5) is 16.8. The maximum Gasteiger partial charge on any atom is 0.263 e. The number of halogens is 1. The molecule has 1 aliphatic rings. The van der Waals surface area contributed by atoms with E-state index in [1.807, 2.05) is 35.2 Å². The minimum atomic E-state index is 0. The summed E-state index contributed by atoms with van der Waals surface area (Å²) >= 11 is 1.58. The molecule has 26 heavy (non-hydrogen) atoms. The first-order chi connectivity index (χ1) is 12.0. The second kappa shape index (κ2) is 8.89. The summed E-state index contributed by atoms with van der Waals surface area (Å²) in [5, 5.41) is 0. The maximum atomic E-state index is 12.9. The first-order valence-electron chi connectivity index (χ1n) is 8.79. The Kier molecular flexibility index (Phi) is 7.09. The van der Waals surface area contributed by atoms with E-state index in [1.165, 1.54) is 4.88 Å². The van der Waals surface area contributed by atoms with E-state index >= 15 is 0 Å². The highest BCUT2D eigenvalue weighted by atomic mass is 35.5. The third-order valence-electron chi connectivity index (χ3n) is 5.10. The van der Waals surface area contributed by atoms with Crippen LogP contribution in [0.1, 0.15) is 34.3 Å². The number of likely N-dealkylation sites (tertiary alicyclic amines) is 1. The van der Waals surface area contributed by atoms with Crippen LogP contribution in [0.25, 0.3) is 11.1 Å². The number of rotatable bonds is 4. The van der Waals surface area contributed by atoms with Crippen molar-refractivity contribution in [1.82, 2.24) is 4.90 Å². The average molecular weight is 395 g/mol. The molecular weight excluding hydrogens is 368 g/mol. The summed E-state index contributed by atoms with van der Waals surface area (Å²) < 4.78 is 5.22. The van der Waals surface area contributed by atoms with E-state index in [2.05, 4.69) is 13.8 Å². The summed E-state index contributed by atoms with van der Waals surface area (Å²) in [6.45, 7) is 5.75. The molecule has 2 heterocycles. The minimum Gasteiger partial charge on any atom is -0.497 e. The van der Waals surface area contributed by atoms with Crippen LogP contribution in [0, 0.1) is 12.8 Å². The number of carbonyl (C=O) groups excluding carboxylic acids is 1. The van der Waals surface area contributed by atoms with Crippen LogP contribution in [0.3, 0.4) is 0 Å². The van der Waals surface area contributed by atoms with Crippen molar-refractivity contribution in [2.45, 2.75) is 32.7 Å². The normalized spacial score (nSPS) is 16.1. The van der Waals surface area contributed by atoms with Crippen LogP contribution >= 0.6 is 23.7 Å². The van der Waals surface area contributed by atoms with Crippen LogP contribution in [0.5, 0.6) is 5.75 Å². The molecule has 1 amide bonds. The molecule has 1 aliphatic heterocycles. The molecule has 1 fully saturated rings. The zero-order valence-corrected chi connectivity index (χ0v) is 17.2. The Labute approximate surface area is 165 Å². The van der Waals surface area contributed by atoms with Crippen molar-refractivity contribution in [3.05, 3.63) is 40.1 Å². The minimum absolute atomic E-state index is 0. The van der Waals surface area contributed by atoms with Gasteiger partial charge in [0.05, 0.1) is 12.0 Å². The molecule has 1 aromatic carbocycles. The van der Waals surface area contributed by atoms with Gasteiger partial charge in [-0.05, 0) is 61.9 Å². The molecule has 0 saturated carbocycles. The van der Waals surface area contributed by atoms with Gasteiger partial charge in [-0.2, -0.15) is 0 Å². The maximum absolute atomic E-state index is 12.9. The number of nitrogens with zero attached hydrogens (tertiary/aromatic N) is 1. The van der Waals surface area contributed by atoms with Crippen LogP contribution in [0.4, 0.5) is 0 Å². The number of aryl methyl sites for hydroxylation is 1. The van der Waals surface area contributed by atoms with E-state index in [-0.39, 0.29) is 24.4 Å². The predicted molar refractivity (Wildman–Crippen MR) is 111 cm³/mol. The lowest BCUT2D eigenvalue weighted by Crippen LogP contribution is -2.42. The van der Waals surface area contributed by atoms with Gasteiger partial charge in [0, 0.05) is 24.0 Å². The number of ether oxygens (including phenoxy) is 1. The van der Waals surface area contributed by atoms with Crippen molar-refractivity contribution >= 4 is 29.7 Å². The fraction of sp³-hybridized carbons (Fsp3) is 0.450. The largest absolute Gasteiger partial charge is 0.497 e. The Hall–Kier alpha value is -1.56. The highest BCUT2D eigenvalue weighted by Crippen LogP contribution is 2.33. The fourth-order valence-electron chi connectivity index (χ4n) is 3.43. The van der Waals surface area contributed by atoms with E-state index in [1.54, 1.807) is 18.4 Å². The van der Waals surface area contributed by atoms with Gasteiger partial charge in [0.25, 0.3) is 5.91 Å². The number of benzene rings is 1. The number of hydrogen-bond donors (Lipinski definition) is 1. The number of hydrogen-bond acceptors (Lipinski definition) is 4. The zero-order chi connectivity index (χ0) is 18.0. The Morgan fingerprint density at radius 1 is 1.27 bits per heavy atom. The molecule has 3 rings (SSSR count). The van der Waals surface area contributed by atoms with Crippen LogP contribution < -0.4 is 10.5 Å². The summed E-state index contributed by atoms with van der Waals surface area (Å²) in [7, 11) is 1.66. The first-order valence-corrected chi connectivity index (χ1v) is 9.61. The second-order valence-corrected chi connectivity index (χ2v) is 8.05. The number of nitrogens with two attached hydrogens (primary N) is 1. The molecule has 2 aromatic rings. The van der Waals surface area contributed by atoms with Gasteiger partial charge in [0.15, 0.2) is 0 Å². The Bertz CT molecular complexity index is 735. The van der Waals surface area contributed by atoms with E-state index in [0.29, 0.717) is 5.92 Å². The van der Waals surface area contributed by atoms with Crippen LogP contribution in [-0.4, -0.2) is 37.0 Å². The van der Waals surface area contributed by atoms with E-state index in [0.717, 1.165) is 47.7 Å². The molecule has 0 spiro atoms. The van der Waals surface area contributed by atoms with Gasteiger partial charge >= 0.3 is 0 Å². The van der Waals surface area contributed by atoms with Crippen LogP contribution in [0.15, 0.2) is 30.3 Å². The van der Waals surface area contributed by atoms with Gasteiger partial charge in [-0.1, -0.05) is 12.1 Å². The van der Waals surface area contributed by atoms with Crippen molar-refractivity contribution < 1.29 is 9.53 Å². The quantitative estimate of drug-likeness (QED) is 0.838. The molecule has 2 N–H and O–H groups in total. The molecule has 0 aliphatic carbocycles. The number of carbonyl (C=O) groups is 1. The molecule has 0 radical (unpaired) electrons. The zero-order valence-electron chi connectivity index (χ0n) is 15.5. The van der Waals surface area contributed by atoms with Gasteiger partial charge < -0.3 is 15.4 Å². The van der Waals surface area contributed by atoms with Crippen molar-refractivity contribution in [3.63, 3.8) is 0 Å². The molecule has 142 valence electrons. The van der Waals surface area contributed by atoms with Crippen molar-refractivity contribution in [2.24, 2.45) is 11.7 Å². The topological polar surface area (TPSA) is 55.6 Å². The fourth-order valence-corrected chi connectivity index (χ4v) is 4.44. The van der Waals surface area contributed by atoms with E-state index in [9.17, 15) is 4.79 Å². The molecule has 1 unspecified atom stereocenters. The Morgan fingerprint density at radius 2 is 1.88 bits per heavy atom. The van der Waals surface area contributed by atoms with Crippen molar-refractivity contribution in [3.8, 4) is 16.9 Å². The van der Waals surface area contributed by atoms with Crippen molar-refractivity contribution in [2.75, 3.05) is 20.2 Å². The van der Waals surface area contributed by atoms with Gasteiger partial charge in [0.1, 0.15) is 5.75 Å². The average Bonchev–Trinajstić information content (AvgIpc) is 3.03. The van der Waals surface area contributed by atoms with Gasteiger partial charge in [0.2, 0.25) is 0 Å². The van der Waals surface area contributed by atoms with Gasteiger partial charge in [-0.15, -0.1) is 23.7 Å². The molecule has 1 aromatic heterocycles. The number of piperidine rings is 1. The molecule has 1 atom stereocenters. The molecular formula is C20H27ClN2O2S. The number of amides is 1. The Morgan fingerprint density at radius 3 is 2.42 bits per heavy atom. The Balaban J connectivity index is 0.00000243. The first kappa shape index (κ1) is 20.7. The highest BCUT2D eigenvalue weighted by Gasteiger charge is 2.26. The molecule has 4 nitrogen and oxygen atoms in total. The second-order valence-electron chi connectivity index (χ2n) is 6.80. The summed E-state index contributed by atoms with van der Waals surface area (Å²) in [5.74, 6) is 1.52. The third-order valence-corrected chi connectivity index (χ3v) is 6.14. The van der Waals surface area contributed by atoms with E-state index in [4.69, 9.17) is 10.5 Å². The van der Waals surface area contributed by atoms with E-state index < -0.39 is 0 Å². The molecule has 0 bridgehead atoms. The summed E-state index contributed by atoms with van der Waals surface area (Å²) in [6, 6.07) is 10.2.